The molecule has 2 aromatic carbocycles. The second kappa shape index (κ2) is 9.81. The van der Waals surface area contributed by atoms with E-state index < -0.39 is 30.7 Å². The molecule has 1 atom stereocenters. The Kier molecular flexibility index (Phi) is 7.46. The van der Waals surface area contributed by atoms with E-state index in [1.165, 1.54) is 32.4 Å². The van der Waals surface area contributed by atoms with Gasteiger partial charge in [-0.05, 0) is 36.2 Å². The van der Waals surface area contributed by atoms with Gasteiger partial charge in [-0.15, -0.1) is 0 Å². The van der Waals surface area contributed by atoms with Crippen LogP contribution >= 0.6 is 0 Å². The number of carbonyl (C=O) groups is 2. The van der Waals surface area contributed by atoms with Crippen molar-refractivity contribution in [1.29, 1.82) is 0 Å². The number of methoxy groups -OCH3 is 2. The van der Waals surface area contributed by atoms with Crippen LogP contribution in [-0.2, 0) is 17.6 Å². The van der Waals surface area contributed by atoms with E-state index in [1.807, 2.05) is 0 Å². The normalized spacial score (nSPS) is 11.4. The average Bonchev–Trinajstić information content (AvgIpc) is 2.68. The van der Waals surface area contributed by atoms with Gasteiger partial charge in [0.15, 0.2) is 0 Å². The zero-order valence-corrected chi connectivity index (χ0v) is 16.0. The predicted molar refractivity (Wildman–Crippen MR) is 104 cm³/mol. The van der Waals surface area contributed by atoms with Crippen molar-refractivity contribution >= 4 is 19.0 Å². The number of nitrogens with one attached hydrogen (secondary N) is 1. The molecular weight excluding hydrogens is 381 g/mol. The van der Waals surface area contributed by atoms with E-state index in [2.05, 4.69) is 5.32 Å². The van der Waals surface area contributed by atoms with Gasteiger partial charge in [0.2, 0.25) is 5.91 Å². The van der Waals surface area contributed by atoms with Gasteiger partial charge in [0, 0.05) is 5.56 Å². The van der Waals surface area contributed by atoms with Crippen molar-refractivity contribution in [3.63, 3.8) is 0 Å². The minimum Gasteiger partial charge on any atom is -0.507 e. The van der Waals surface area contributed by atoms with Crippen LogP contribution in [0.5, 0.6) is 17.2 Å². The van der Waals surface area contributed by atoms with Gasteiger partial charge < -0.3 is 35.1 Å². The lowest BCUT2D eigenvalue weighted by atomic mass is 9.75. The maximum atomic E-state index is 12.5. The van der Waals surface area contributed by atoms with Gasteiger partial charge in [-0.2, -0.15) is 0 Å². The van der Waals surface area contributed by atoms with E-state index in [0.717, 1.165) is 0 Å². The Balaban J connectivity index is 2.17. The maximum Gasteiger partial charge on any atom is 0.475 e. The lowest BCUT2D eigenvalue weighted by molar-refractivity contribution is -0.120. The van der Waals surface area contributed by atoms with Gasteiger partial charge in [0.25, 0.3) is 0 Å². The second-order valence-electron chi connectivity index (χ2n) is 6.26. The number of aromatic carboxylic acids is 1. The first-order valence-electron chi connectivity index (χ1n) is 8.67. The van der Waals surface area contributed by atoms with Crippen LogP contribution in [0.25, 0.3) is 0 Å². The number of rotatable bonds is 9. The smallest absolute Gasteiger partial charge is 0.475 e. The largest absolute Gasteiger partial charge is 0.507 e. The number of para-hydroxylation sites is 1. The summed E-state index contributed by atoms with van der Waals surface area (Å²) in [6.07, 6.45) is -0.309. The maximum absolute atomic E-state index is 12.5. The molecule has 0 heterocycles. The van der Waals surface area contributed by atoms with Gasteiger partial charge in [0.05, 0.1) is 26.6 Å². The van der Waals surface area contributed by atoms with E-state index in [9.17, 15) is 24.7 Å². The molecule has 10 heteroatoms. The monoisotopic (exact) mass is 403 g/mol. The van der Waals surface area contributed by atoms with Crippen LogP contribution in [0.3, 0.4) is 0 Å². The Morgan fingerprint density at radius 2 is 1.83 bits per heavy atom. The van der Waals surface area contributed by atoms with Crippen molar-refractivity contribution in [2.75, 3.05) is 14.2 Å². The molecule has 0 aliphatic carbocycles. The molecule has 0 saturated carbocycles. The van der Waals surface area contributed by atoms with Gasteiger partial charge >= 0.3 is 13.1 Å². The van der Waals surface area contributed by atoms with E-state index in [-0.39, 0.29) is 24.0 Å². The first-order chi connectivity index (χ1) is 13.8. The lowest BCUT2D eigenvalue weighted by Gasteiger charge is -2.19. The van der Waals surface area contributed by atoms with E-state index in [4.69, 9.17) is 14.6 Å². The van der Waals surface area contributed by atoms with Crippen molar-refractivity contribution in [2.45, 2.75) is 18.8 Å². The first kappa shape index (κ1) is 22.1. The Bertz CT molecular complexity index is 887. The number of phenols is 1. The van der Waals surface area contributed by atoms with Crippen LogP contribution in [0.1, 0.15) is 21.5 Å². The summed E-state index contributed by atoms with van der Waals surface area (Å²) in [7, 11) is 1.02. The van der Waals surface area contributed by atoms with Crippen molar-refractivity contribution < 1.29 is 39.3 Å². The number of benzene rings is 2. The lowest BCUT2D eigenvalue weighted by Crippen LogP contribution is -2.48. The molecule has 0 saturated heterocycles. The molecule has 0 aliphatic heterocycles. The van der Waals surface area contributed by atoms with Gasteiger partial charge in [-0.25, -0.2) is 4.79 Å². The minimum atomic E-state index is -1.93. The van der Waals surface area contributed by atoms with Crippen molar-refractivity contribution in [2.24, 2.45) is 0 Å². The van der Waals surface area contributed by atoms with Crippen molar-refractivity contribution in [1.82, 2.24) is 5.32 Å². The number of aromatic hydroxyl groups is 1. The van der Waals surface area contributed by atoms with Gasteiger partial charge in [0.1, 0.15) is 22.8 Å². The third-order valence-electron chi connectivity index (χ3n) is 4.33. The fourth-order valence-electron chi connectivity index (χ4n) is 2.85. The summed E-state index contributed by atoms with van der Waals surface area (Å²) in [5.41, 5.74) is 0.370. The van der Waals surface area contributed by atoms with E-state index in [0.29, 0.717) is 17.1 Å². The first-order valence-corrected chi connectivity index (χ1v) is 8.67. The molecule has 154 valence electrons. The van der Waals surface area contributed by atoms with Crippen molar-refractivity contribution in [3.8, 4) is 17.2 Å². The third-order valence-corrected chi connectivity index (χ3v) is 4.33. The molecule has 2 aromatic rings. The van der Waals surface area contributed by atoms with Gasteiger partial charge in [-0.1, -0.05) is 12.1 Å². The number of ether oxygens (including phenoxy) is 2. The number of carboxylic acids is 1. The topological polar surface area (TPSA) is 146 Å². The summed E-state index contributed by atoms with van der Waals surface area (Å²) in [6.45, 7) is 0. The van der Waals surface area contributed by atoms with Crippen LogP contribution in [-0.4, -0.2) is 59.4 Å². The SMILES string of the molecule is COc1ccc(OC)c(CC(=O)NC(Cc2cccc(C(=O)O)c2O)B(O)O)c1. The zero-order valence-electron chi connectivity index (χ0n) is 16.0. The summed E-state index contributed by atoms with van der Waals surface area (Å²) in [6, 6.07) is 9.04. The fraction of sp³-hybridized carbons (Fsp3) is 0.263. The third kappa shape index (κ3) is 5.63. The van der Waals surface area contributed by atoms with Gasteiger partial charge in [-0.3, -0.25) is 4.79 Å². The Morgan fingerprint density at radius 1 is 1.10 bits per heavy atom. The molecule has 0 radical (unpaired) electrons. The highest BCUT2D eigenvalue weighted by Gasteiger charge is 2.28. The molecule has 0 bridgehead atoms. The number of amides is 1. The molecule has 0 aliphatic rings. The van der Waals surface area contributed by atoms with Crippen LogP contribution in [0.15, 0.2) is 36.4 Å². The molecule has 0 fully saturated rings. The van der Waals surface area contributed by atoms with Crippen LogP contribution < -0.4 is 14.8 Å². The Morgan fingerprint density at radius 3 is 2.41 bits per heavy atom. The van der Waals surface area contributed by atoms with E-state index >= 15 is 0 Å². The molecule has 2 rings (SSSR count). The summed E-state index contributed by atoms with van der Waals surface area (Å²) >= 11 is 0. The summed E-state index contributed by atoms with van der Waals surface area (Å²) < 4.78 is 10.4. The van der Waals surface area contributed by atoms with Crippen molar-refractivity contribution in [3.05, 3.63) is 53.1 Å². The highest BCUT2D eigenvalue weighted by molar-refractivity contribution is 6.43. The zero-order chi connectivity index (χ0) is 21.6. The Labute approximate surface area is 167 Å². The summed E-state index contributed by atoms with van der Waals surface area (Å²) in [4.78, 5) is 23.6. The number of hydrogen-bond donors (Lipinski definition) is 5. The quantitative estimate of drug-likeness (QED) is 0.378. The predicted octanol–water partition coefficient (Wildman–Crippen LogP) is 0.390. The Hall–Kier alpha value is -3.24. The van der Waals surface area contributed by atoms with Crippen LogP contribution in [0, 0.1) is 0 Å². The summed E-state index contributed by atoms with van der Waals surface area (Å²) in [5.74, 6) is -2.51. The highest BCUT2D eigenvalue weighted by Crippen LogP contribution is 2.25. The molecule has 0 spiro atoms. The molecule has 0 aromatic heterocycles. The summed E-state index contributed by atoms with van der Waals surface area (Å²) in [5, 5.41) is 40.9. The van der Waals surface area contributed by atoms with Crippen LogP contribution in [0.2, 0.25) is 0 Å². The second-order valence-corrected chi connectivity index (χ2v) is 6.26. The number of hydrogen-bond acceptors (Lipinski definition) is 7. The molecule has 5 N–H and O–H groups in total. The fourth-order valence-corrected chi connectivity index (χ4v) is 2.85. The molecule has 1 unspecified atom stereocenters. The molecule has 9 nitrogen and oxygen atoms in total. The molecule has 1 amide bonds. The average molecular weight is 403 g/mol. The molecular formula is C19H22BNO8. The molecule has 29 heavy (non-hydrogen) atoms. The number of carboxylic acid groups (broad SMARTS) is 1. The highest BCUT2D eigenvalue weighted by atomic mass is 16.5. The minimum absolute atomic E-state index is 0.120. The van der Waals surface area contributed by atoms with E-state index in [1.54, 1.807) is 18.2 Å². The standard InChI is InChI=1S/C19H22BNO8/c1-28-13-6-7-15(29-2)12(8-13)10-17(22)21-16(20(26)27)9-11-4-3-5-14(18(11)23)19(24)25/h3-8,16,23,26-27H,9-10H2,1-2H3,(H,21,22)(H,24,25). The van der Waals surface area contributed by atoms with Crippen LogP contribution in [0.4, 0.5) is 0 Å². The number of carbonyl (C=O) groups excluding carboxylic acids is 1.